The predicted molar refractivity (Wildman–Crippen MR) is 127 cm³/mol. The standard InChI is InChI=1S/C24H41N7O/c1-2-25-24(26-15-9-13-22-29-28-21-12-7-4-8-16-31(21)22)27-20-14-17-30(18-20)23(32)19-10-5-3-6-11-19/h19-20H,2-18H2,1H3,(H2,25,26,27). The molecule has 0 aromatic carbocycles. The van der Waals surface area contributed by atoms with E-state index < -0.39 is 0 Å². The molecule has 0 radical (unpaired) electrons. The molecule has 0 spiro atoms. The Morgan fingerprint density at radius 1 is 1.06 bits per heavy atom. The molecule has 1 aliphatic carbocycles. The Bertz CT molecular complexity index is 768. The molecule has 3 aliphatic rings. The van der Waals surface area contributed by atoms with Gasteiger partial charge >= 0.3 is 0 Å². The van der Waals surface area contributed by atoms with Crippen molar-refractivity contribution in [2.75, 3.05) is 26.2 Å². The van der Waals surface area contributed by atoms with Crippen molar-refractivity contribution in [2.45, 2.75) is 96.6 Å². The molecule has 1 saturated carbocycles. The largest absolute Gasteiger partial charge is 0.357 e. The number of likely N-dealkylation sites (tertiary alicyclic amines) is 1. The molecule has 2 fully saturated rings. The zero-order chi connectivity index (χ0) is 22.2. The van der Waals surface area contributed by atoms with Gasteiger partial charge in [-0.25, -0.2) is 0 Å². The first-order valence-electron chi connectivity index (χ1n) is 13.0. The second kappa shape index (κ2) is 11.7. The van der Waals surface area contributed by atoms with E-state index >= 15 is 0 Å². The normalized spacial score (nSPS) is 22.5. The topological polar surface area (TPSA) is 87.4 Å². The number of fused-ring (bicyclic) bond motifs is 1. The summed E-state index contributed by atoms with van der Waals surface area (Å²) in [6, 6.07) is 0.285. The van der Waals surface area contributed by atoms with E-state index in [2.05, 4.69) is 37.2 Å². The number of nitrogens with one attached hydrogen (secondary N) is 2. The van der Waals surface area contributed by atoms with E-state index in [1.165, 1.54) is 38.5 Å². The van der Waals surface area contributed by atoms with Crippen molar-refractivity contribution in [3.8, 4) is 0 Å². The molecule has 32 heavy (non-hydrogen) atoms. The van der Waals surface area contributed by atoms with Crippen LogP contribution in [0.25, 0.3) is 0 Å². The Hall–Kier alpha value is -2.12. The zero-order valence-electron chi connectivity index (χ0n) is 19.8. The highest BCUT2D eigenvalue weighted by molar-refractivity contribution is 5.81. The number of hydrogen-bond acceptors (Lipinski definition) is 4. The average molecular weight is 444 g/mol. The van der Waals surface area contributed by atoms with Crippen LogP contribution in [0.1, 0.15) is 82.8 Å². The van der Waals surface area contributed by atoms with E-state index in [1.54, 1.807) is 0 Å². The van der Waals surface area contributed by atoms with Gasteiger partial charge in [-0.1, -0.05) is 25.7 Å². The lowest BCUT2D eigenvalue weighted by Gasteiger charge is -2.26. The second-order valence-electron chi connectivity index (χ2n) is 9.61. The van der Waals surface area contributed by atoms with Crippen LogP contribution in [-0.4, -0.2) is 63.8 Å². The minimum Gasteiger partial charge on any atom is -0.357 e. The van der Waals surface area contributed by atoms with E-state index in [1.807, 2.05) is 0 Å². The molecule has 1 saturated heterocycles. The maximum Gasteiger partial charge on any atom is 0.225 e. The highest BCUT2D eigenvalue weighted by atomic mass is 16.2. The Balaban J connectivity index is 1.24. The first-order chi connectivity index (χ1) is 15.7. The number of rotatable bonds is 7. The lowest BCUT2D eigenvalue weighted by Crippen LogP contribution is -2.45. The Kier molecular flexibility index (Phi) is 8.40. The summed E-state index contributed by atoms with van der Waals surface area (Å²) in [4.78, 5) is 19.7. The van der Waals surface area contributed by atoms with Crippen LogP contribution in [0, 0.1) is 5.92 Å². The van der Waals surface area contributed by atoms with Crippen LogP contribution in [0.15, 0.2) is 4.99 Å². The maximum atomic E-state index is 12.8. The number of nitrogens with zero attached hydrogens (tertiary/aromatic N) is 5. The maximum absolute atomic E-state index is 12.8. The zero-order valence-corrected chi connectivity index (χ0v) is 19.8. The molecule has 1 atom stereocenters. The van der Waals surface area contributed by atoms with Gasteiger partial charge in [0.1, 0.15) is 11.6 Å². The van der Waals surface area contributed by atoms with Gasteiger partial charge in [0.25, 0.3) is 0 Å². The molecule has 0 bridgehead atoms. The number of aliphatic imine (C=N–C) groups is 1. The van der Waals surface area contributed by atoms with Crippen LogP contribution >= 0.6 is 0 Å². The third-order valence-corrected chi connectivity index (χ3v) is 7.15. The Morgan fingerprint density at radius 3 is 2.75 bits per heavy atom. The van der Waals surface area contributed by atoms with Gasteiger partial charge in [0.05, 0.1) is 0 Å². The number of aromatic nitrogens is 3. The summed E-state index contributed by atoms with van der Waals surface area (Å²) in [5.41, 5.74) is 0. The smallest absolute Gasteiger partial charge is 0.225 e. The molecule has 8 heteroatoms. The van der Waals surface area contributed by atoms with Crippen molar-refractivity contribution < 1.29 is 4.79 Å². The minimum atomic E-state index is 0.261. The van der Waals surface area contributed by atoms with Crippen molar-refractivity contribution in [2.24, 2.45) is 10.9 Å². The number of guanidine groups is 1. The number of carbonyl (C=O) groups is 1. The fraction of sp³-hybridized carbons (Fsp3) is 0.833. The molecule has 178 valence electrons. The Labute approximate surface area is 192 Å². The highest BCUT2D eigenvalue weighted by Gasteiger charge is 2.31. The van der Waals surface area contributed by atoms with Gasteiger partial charge in [-0.2, -0.15) is 0 Å². The lowest BCUT2D eigenvalue weighted by atomic mass is 9.88. The average Bonchev–Trinajstić information content (AvgIpc) is 3.37. The fourth-order valence-electron chi connectivity index (χ4n) is 5.36. The van der Waals surface area contributed by atoms with E-state index in [0.29, 0.717) is 5.91 Å². The van der Waals surface area contributed by atoms with Gasteiger partial charge in [0.15, 0.2) is 5.96 Å². The van der Waals surface area contributed by atoms with Crippen LogP contribution in [0.5, 0.6) is 0 Å². The second-order valence-corrected chi connectivity index (χ2v) is 9.61. The van der Waals surface area contributed by atoms with Gasteiger partial charge in [0.2, 0.25) is 5.91 Å². The summed E-state index contributed by atoms with van der Waals surface area (Å²) < 4.78 is 2.33. The van der Waals surface area contributed by atoms with E-state index in [0.717, 1.165) is 88.9 Å². The molecular formula is C24H41N7O. The number of amides is 1. The minimum absolute atomic E-state index is 0.261. The number of hydrogen-bond donors (Lipinski definition) is 2. The molecular weight excluding hydrogens is 402 g/mol. The van der Waals surface area contributed by atoms with Gasteiger partial charge in [-0.3, -0.25) is 9.79 Å². The van der Waals surface area contributed by atoms with Crippen LogP contribution in [-0.2, 0) is 24.2 Å². The first-order valence-corrected chi connectivity index (χ1v) is 13.0. The van der Waals surface area contributed by atoms with Crippen LogP contribution < -0.4 is 10.6 Å². The van der Waals surface area contributed by atoms with Crippen molar-refractivity contribution in [3.63, 3.8) is 0 Å². The van der Waals surface area contributed by atoms with Crippen LogP contribution in [0.3, 0.4) is 0 Å². The SMILES string of the molecule is CCNC(=NCCCc1nnc2n1CCCCC2)NC1CCN(C(=O)C2CCCCC2)C1. The summed E-state index contributed by atoms with van der Waals surface area (Å²) in [5.74, 6) is 3.77. The Morgan fingerprint density at radius 2 is 1.91 bits per heavy atom. The summed E-state index contributed by atoms with van der Waals surface area (Å²) in [6.45, 7) is 6.41. The lowest BCUT2D eigenvalue weighted by molar-refractivity contribution is -0.135. The molecule has 1 aromatic heterocycles. The van der Waals surface area contributed by atoms with E-state index in [4.69, 9.17) is 4.99 Å². The highest BCUT2D eigenvalue weighted by Crippen LogP contribution is 2.26. The monoisotopic (exact) mass is 443 g/mol. The number of carbonyl (C=O) groups excluding carboxylic acids is 1. The summed E-state index contributed by atoms with van der Waals surface area (Å²) in [5, 5.41) is 15.8. The third kappa shape index (κ3) is 6.01. The van der Waals surface area contributed by atoms with Gasteiger partial charge in [-0.15, -0.1) is 10.2 Å². The summed E-state index contributed by atoms with van der Waals surface area (Å²) >= 11 is 0. The van der Waals surface area contributed by atoms with Crippen molar-refractivity contribution >= 4 is 11.9 Å². The van der Waals surface area contributed by atoms with Crippen LogP contribution in [0.2, 0.25) is 0 Å². The molecule has 8 nitrogen and oxygen atoms in total. The first kappa shape index (κ1) is 23.1. The summed E-state index contributed by atoms with van der Waals surface area (Å²) in [7, 11) is 0. The molecule has 1 amide bonds. The van der Waals surface area contributed by atoms with E-state index in [-0.39, 0.29) is 12.0 Å². The van der Waals surface area contributed by atoms with Crippen LogP contribution in [0.4, 0.5) is 0 Å². The van der Waals surface area contributed by atoms with Crippen molar-refractivity contribution in [3.05, 3.63) is 11.6 Å². The molecule has 1 unspecified atom stereocenters. The molecule has 4 rings (SSSR count). The molecule has 2 N–H and O–H groups in total. The van der Waals surface area contributed by atoms with Crippen molar-refractivity contribution in [1.82, 2.24) is 30.3 Å². The number of aryl methyl sites for hydroxylation is 2. The van der Waals surface area contributed by atoms with Gasteiger partial charge < -0.3 is 20.1 Å². The fourth-order valence-corrected chi connectivity index (χ4v) is 5.36. The van der Waals surface area contributed by atoms with E-state index in [9.17, 15) is 4.79 Å². The molecule has 1 aromatic rings. The van der Waals surface area contributed by atoms with Gasteiger partial charge in [-0.05, 0) is 45.4 Å². The predicted octanol–water partition coefficient (Wildman–Crippen LogP) is 2.67. The summed E-state index contributed by atoms with van der Waals surface area (Å²) in [6.07, 6.45) is 13.5. The third-order valence-electron chi connectivity index (χ3n) is 7.15. The quantitative estimate of drug-likeness (QED) is 0.384. The molecule has 2 aliphatic heterocycles. The van der Waals surface area contributed by atoms with Gasteiger partial charge in [0, 0.05) is 57.5 Å². The molecule has 3 heterocycles. The van der Waals surface area contributed by atoms with Crippen molar-refractivity contribution in [1.29, 1.82) is 0 Å².